The van der Waals surface area contributed by atoms with E-state index in [0.29, 0.717) is 6.42 Å². The van der Waals surface area contributed by atoms with Crippen LogP contribution >= 0.6 is 11.8 Å². The number of hydrogen-bond acceptors (Lipinski definition) is 2. The van der Waals surface area contributed by atoms with E-state index in [1.165, 1.54) is 0 Å². The van der Waals surface area contributed by atoms with Crippen molar-refractivity contribution in [1.82, 2.24) is 0 Å². The number of rotatable bonds is 6. The first-order valence-electron chi connectivity index (χ1n) is 4.39. The summed E-state index contributed by atoms with van der Waals surface area (Å²) >= 11 is 1.85. The van der Waals surface area contributed by atoms with Crippen molar-refractivity contribution in [3.05, 3.63) is 0 Å². The summed E-state index contributed by atoms with van der Waals surface area (Å²) in [5, 5.41) is 0. The van der Waals surface area contributed by atoms with Crippen LogP contribution in [0.5, 0.6) is 0 Å². The SMILES string of the molecule is CCC#CCSCCCCC=O. The van der Waals surface area contributed by atoms with Crippen LogP contribution in [0.15, 0.2) is 0 Å². The summed E-state index contributed by atoms with van der Waals surface area (Å²) in [6.07, 6.45) is 4.81. The maximum atomic E-state index is 9.95. The molecule has 0 fully saturated rings. The van der Waals surface area contributed by atoms with Crippen LogP contribution in [0.4, 0.5) is 0 Å². The van der Waals surface area contributed by atoms with Crippen molar-refractivity contribution in [2.45, 2.75) is 32.6 Å². The zero-order valence-electron chi connectivity index (χ0n) is 7.64. The second-order valence-electron chi connectivity index (χ2n) is 2.42. The lowest BCUT2D eigenvalue weighted by molar-refractivity contribution is -0.107. The Bertz CT molecular complexity index is 155. The molecule has 0 bridgehead atoms. The number of aldehydes is 1. The van der Waals surface area contributed by atoms with Crippen molar-refractivity contribution in [3.63, 3.8) is 0 Å². The Morgan fingerprint density at radius 3 is 2.83 bits per heavy atom. The normalized spacial score (nSPS) is 8.75. The molecular weight excluding hydrogens is 168 g/mol. The second kappa shape index (κ2) is 10.6. The van der Waals surface area contributed by atoms with Gasteiger partial charge in [-0.25, -0.2) is 0 Å². The van der Waals surface area contributed by atoms with Crippen LogP contribution in [0.3, 0.4) is 0 Å². The highest BCUT2D eigenvalue weighted by atomic mass is 32.2. The van der Waals surface area contributed by atoms with Crippen LogP contribution in [0, 0.1) is 11.8 Å². The predicted octanol–water partition coefficient (Wildman–Crippen LogP) is 2.50. The van der Waals surface area contributed by atoms with Crippen LogP contribution in [0.25, 0.3) is 0 Å². The van der Waals surface area contributed by atoms with E-state index in [-0.39, 0.29) is 0 Å². The summed E-state index contributed by atoms with van der Waals surface area (Å²) in [5.74, 6) is 8.16. The van der Waals surface area contributed by atoms with Gasteiger partial charge >= 0.3 is 0 Å². The number of carbonyl (C=O) groups excluding carboxylic acids is 1. The third-order valence-corrected chi connectivity index (χ3v) is 2.26. The maximum Gasteiger partial charge on any atom is 0.119 e. The molecule has 0 atom stereocenters. The minimum atomic E-state index is 0.710. The molecule has 0 aliphatic rings. The van der Waals surface area contributed by atoms with Gasteiger partial charge in [0.2, 0.25) is 0 Å². The van der Waals surface area contributed by atoms with Gasteiger partial charge in [0.1, 0.15) is 6.29 Å². The Balaban J connectivity index is 2.95. The summed E-state index contributed by atoms with van der Waals surface area (Å²) < 4.78 is 0. The monoisotopic (exact) mass is 184 g/mol. The average molecular weight is 184 g/mol. The highest BCUT2D eigenvalue weighted by Crippen LogP contribution is 2.04. The van der Waals surface area contributed by atoms with Crippen molar-refractivity contribution in [1.29, 1.82) is 0 Å². The Labute approximate surface area is 79.3 Å². The number of thioether (sulfide) groups is 1. The number of carbonyl (C=O) groups is 1. The number of unbranched alkanes of at least 4 members (excludes halogenated alkanes) is 2. The van der Waals surface area contributed by atoms with Crippen LogP contribution in [-0.4, -0.2) is 17.8 Å². The van der Waals surface area contributed by atoms with Gasteiger partial charge in [-0.2, -0.15) is 0 Å². The first kappa shape index (κ1) is 11.6. The van der Waals surface area contributed by atoms with Crippen LogP contribution < -0.4 is 0 Å². The molecule has 0 unspecified atom stereocenters. The van der Waals surface area contributed by atoms with Gasteiger partial charge in [0.05, 0.1) is 5.75 Å². The van der Waals surface area contributed by atoms with Gasteiger partial charge in [-0.3, -0.25) is 0 Å². The lowest BCUT2D eigenvalue weighted by Gasteiger charge is -1.94. The standard InChI is InChI=1S/C10H16OS/c1-2-3-6-9-12-10-7-4-5-8-11/h8H,2,4-5,7,9-10H2,1H3. The fourth-order valence-corrected chi connectivity index (χ4v) is 1.49. The maximum absolute atomic E-state index is 9.95. The highest BCUT2D eigenvalue weighted by molar-refractivity contribution is 7.99. The second-order valence-corrected chi connectivity index (χ2v) is 3.53. The molecule has 0 saturated carbocycles. The molecule has 0 aromatic carbocycles. The lowest BCUT2D eigenvalue weighted by atomic mass is 10.3. The van der Waals surface area contributed by atoms with Crippen molar-refractivity contribution < 1.29 is 4.79 Å². The molecule has 0 aromatic rings. The van der Waals surface area contributed by atoms with Gasteiger partial charge in [0, 0.05) is 12.8 Å². The molecule has 0 aliphatic carbocycles. The van der Waals surface area contributed by atoms with Crippen molar-refractivity contribution in [2.24, 2.45) is 0 Å². The summed E-state index contributed by atoms with van der Waals surface area (Å²) in [6, 6.07) is 0. The Morgan fingerprint density at radius 1 is 1.33 bits per heavy atom. The minimum Gasteiger partial charge on any atom is -0.303 e. The molecule has 68 valence electrons. The zero-order chi connectivity index (χ0) is 9.07. The molecule has 0 heterocycles. The van der Waals surface area contributed by atoms with Gasteiger partial charge < -0.3 is 4.79 Å². The van der Waals surface area contributed by atoms with Crippen LogP contribution in [0.1, 0.15) is 32.6 Å². The third-order valence-electron chi connectivity index (χ3n) is 1.34. The zero-order valence-corrected chi connectivity index (χ0v) is 8.45. The van der Waals surface area contributed by atoms with Crippen LogP contribution in [-0.2, 0) is 4.79 Å². The van der Waals surface area contributed by atoms with Gasteiger partial charge in [-0.05, 0) is 18.6 Å². The van der Waals surface area contributed by atoms with E-state index in [2.05, 4.69) is 18.8 Å². The molecule has 0 aliphatic heterocycles. The van der Waals surface area contributed by atoms with Gasteiger partial charge in [0.15, 0.2) is 0 Å². The Hall–Kier alpha value is -0.420. The molecule has 0 N–H and O–H groups in total. The topological polar surface area (TPSA) is 17.1 Å². The molecule has 0 aromatic heterocycles. The molecular formula is C10H16OS. The van der Waals surface area contributed by atoms with Crippen molar-refractivity contribution in [2.75, 3.05) is 11.5 Å². The molecule has 0 spiro atoms. The Morgan fingerprint density at radius 2 is 2.17 bits per heavy atom. The highest BCUT2D eigenvalue weighted by Gasteiger charge is 1.87. The summed E-state index contributed by atoms with van der Waals surface area (Å²) in [6.45, 7) is 2.06. The molecule has 0 radical (unpaired) electrons. The third kappa shape index (κ3) is 9.58. The quantitative estimate of drug-likeness (QED) is 0.358. The van der Waals surface area contributed by atoms with Crippen molar-refractivity contribution in [3.8, 4) is 11.8 Å². The molecule has 0 rings (SSSR count). The van der Waals surface area contributed by atoms with E-state index in [4.69, 9.17) is 0 Å². The van der Waals surface area contributed by atoms with E-state index in [0.717, 1.165) is 37.1 Å². The van der Waals surface area contributed by atoms with E-state index in [9.17, 15) is 4.79 Å². The first-order valence-corrected chi connectivity index (χ1v) is 5.54. The molecule has 2 heteroatoms. The van der Waals surface area contributed by atoms with E-state index in [1.807, 2.05) is 11.8 Å². The van der Waals surface area contributed by atoms with E-state index >= 15 is 0 Å². The largest absolute Gasteiger partial charge is 0.303 e. The molecule has 0 saturated heterocycles. The van der Waals surface area contributed by atoms with E-state index < -0.39 is 0 Å². The average Bonchev–Trinajstić information content (AvgIpc) is 2.10. The van der Waals surface area contributed by atoms with Gasteiger partial charge in [-0.1, -0.05) is 12.8 Å². The predicted molar refractivity (Wildman–Crippen MR) is 55.3 cm³/mol. The van der Waals surface area contributed by atoms with Gasteiger partial charge in [0.25, 0.3) is 0 Å². The fraction of sp³-hybridized carbons (Fsp3) is 0.700. The number of hydrogen-bond donors (Lipinski definition) is 0. The summed E-state index contributed by atoms with van der Waals surface area (Å²) in [7, 11) is 0. The van der Waals surface area contributed by atoms with Crippen molar-refractivity contribution >= 4 is 18.0 Å². The first-order chi connectivity index (χ1) is 5.91. The molecule has 0 amide bonds. The smallest absolute Gasteiger partial charge is 0.119 e. The van der Waals surface area contributed by atoms with E-state index in [1.54, 1.807) is 0 Å². The summed E-state index contributed by atoms with van der Waals surface area (Å²) in [4.78, 5) is 9.95. The molecule has 1 nitrogen and oxygen atoms in total. The summed E-state index contributed by atoms with van der Waals surface area (Å²) in [5.41, 5.74) is 0. The van der Waals surface area contributed by atoms with Gasteiger partial charge in [-0.15, -0.1) is 17.7 Å². The minimum absolute atomic E-state index is 0.710. The fourth-order valence-electron chi connectivity index (χ4n) is 0.731. The molecule has 12 heavy (non-hydrogen) atoms. The lowest BCUT2D eigenvalue weighted by Crippen LogP contribution is -1.83. The van der Waals surface area contributed by atoms with Crippen LogP contribution in [0.2, 0.25) is 0 Å². The Kier molecular flexibility index (Phi) is 10.2.